The van der Waals surface area contributed by atoms with Crippen LogP contribution in [0.4, 0.5) is 0 Å². The van der Waals surface area contributed by atoms with Crippen molar-refractivity contribution in [2.24, 2.45) is 0 Å². The van der Waals surface area contributed by atoms with Crippen molar-refractivity contribution in [1.29, 1.82) is 0 Å². The molecule has 42 heavy (non-hydrogen) atoms. The van der Waals surface area contributed by atoms with E-state index >= 15 is 0 Å². The highest BCUT2D eigenvalue weighted by atomic mass is 35.5. The number of ether oxygens (including phenoxy) is 2. The van der Waals surface area contributed by atoms with Gasteiger partial charge in [-0.2, -0.15) is 0 Å². The minimum atomic E-state index is -0.472. The van der Waals surface area contributed by atoms with E-state index in [1.165, 1.54) is 5.56 Å². The van der Waals surface area contributed by atoms with Crippen molar-refractivity contribution in [2.75, 3.05) is 13.7 Å². The number of ketones is 2. The number of carbonyl (C=O) groups is 2. The highest BCUT2D eigenvalue weighted by molar-refractivity contribution is 6.32. The number of Topliss-reactive ketones (excluding diaryl/α,β-unsaturated/α-hetero) is 2. The molecule has 216 valence electrons. The van der Waals surface area contributed by atoms with Gasteiger partial charge in [0.2, 0.25) is 0 Å². The van der Waals surface area contributed by atoms with E-state index in [0.717, 1.165) is 72.3 Å². The van der Waals surface area contributed by atoms with Crippen molar-refractivity contribution >= 4 is 34.8 Å². The van der Waals surface area contributed by atoms with E-state index in [9.17, 15) is 9.59 Å². The molecule has 6 rings (SSSR count). The van der Waals surface area contributed by atoms with Gasteiger partial charge < -0.3 is 14.4 Å². The summed E-state index contributed by atoms with van der Waals surface area (Å²) in [6.45, 7) is 1.02. The van der Waals surface area contributed by atoms with Crippen LogP contribution in [0.15, 0.2) is 89.3 Å². The molecule has 3 aliphatic rings. The van der Waals surface area contributed by atoms with E-state index in [-0.39, 0.29) is 18.2 Å². The maximum atomic E-state index is 13.7. The number of benzene rings is 3. The molecular weight excluding hydrogens is 569 g/mol. The maximum Gasteiger partial charge on any atom is 0.180 e. The Balaban J connectivity index is 1.40. The topological polar surface area (TPSA) is 55.8 Å². The highest BCUT2D eigenvalue weighted by Crippen LogP contribution is 2.51. The number of nitrogens with zero attached hydrogens (tertiary/aromatic N) is 1. The third-order valence-corrected chi connectivity index (χ3v) is 8.97. The molecule has 0 radical (unpaired) electrons. The quantitative estimate of drug-likeness (QED) is 0.260. The molecule has 0 unspecified atom stereocenters. The largest absolute Gasteiger partial charge is 0.493 e. The molecule has 7 heteroatoms. The molecule has 0 fully saturated rings. The van der Waals surface area contributed by atoms with Gasteiger partial charge in [-0.1, -0.05) is 65.7 Å². The molecule has 3 aromatic rings. The first-order chi connectivity index (χ1) is 20.4. The Labute approximate surface area is 256 Å². The number of rotatable bonds is 8. The minimum absolute atomic E-state index is 0.106. The average Bonchev–Trinajstić information content (AvgIpc) is 3.00. The summed E-state index contributed by atoms with van der Waals surface area (Å²) in [5.74, 6) is 0.628. The van der Waals surface area contributed by atoms with Crippen LogP contribution in [0.5, 0.6) is 11.5 Å². The molecule has 1 aliphatic heterocycles. The van der Waals surface area contributed by atoms with Gasteiger partial charge in [0.15, 0.2) is 23.1 Å². The van der Waals surface area contributed by atoms with Gasteiger partial charge in [-0.15, -0.1) is 0 Å². The predicted octanol–water partition coefficient (Wildman–Crippen LogP) is 8.24. The number of allylic oxidation sites excluding steroid dienone is 4. The maximum absolute atomic E-state index is 13.7. The van der Waals surface area contributed by atoms with Crippen LogP contribution < -0.4 is 9.47 Å². The zero-order valence-electron chi connectivity index (χ0n) is 23.6. The standard InChI is InChI=1S/C35H33Cl2NO4/c1-41-31-20-24(19-26(37)35(31)42-21-23-13-15-25(36)16-14-23)32-33-27(9-5-11-29(33)39)38(18-17-22-7-3-2-4-8-22)28-10-6-12-30(40)34(28)32/h2-4,7-8,13-16,19-20,32H,5-6,9-12,17-18,21H2,1H3. The number of halogens is 2. The molecule has 0 N–H and O–H groups in total. The van der Waals surface area contributed by atoms with Crippen molar-refractivity contribution in [3.8, 4) is 11.5 Å². The van der Waals surface area contributed by atoms with E-state index in [2.05, 4.69) is 17.0 Å². The summed E-state index contributed by atoms with van der Waals surface area (Å²) < 4.78 is 11.9. The Bertz CT molecular complexity index is 1530. The number of hydrogen-bond donors (Lipinski definition) is 0. The van der Waals surface area contributed by atoms with Crippen LogP contribution in [0.1, 0.15) is 61.1 Å². The van der Waals surface area contributed by atoms with Crippen LogP contribution in [-0.4, -0.2) is 30.1 Å². The predicted molar refractivity (Wildman–Crippen MR) is 165 cm³/mol. The van der Waals surface area contributed by atoms with Gasteiger partial charge in [-0.05, 0) is 73.1 Å². The fourth-order valence-electron chi connectivity index (χ4n) is 6.49. The minimum Gasteiger partial charge on any atom is -0.493 e. The molecule has 0 aromatic heterocycles. The molecule has 0 atom stereocenters. The fraction of sp³-hybridized carbons (Fsp3) is 0.314. The van der Waals surface area contributed by atoms with E-state index in [4.69, 9.17) is 32.7 Å². The first-order valence-electron chi connectivity index (χ1n) is 14.5. The SMILES string of the molecule is COc1cc(C2C3=C(CCCC3=O)N(CCc3ccccc3)C3=C2C(=O)CCC3)cc(Cl)c1OCc1ccc(Cl)cc1. The molecule has 2 aliphatic carbocycles. The van der Waals surface area contributed by atoms with E-state index in [1.807, 2.05) is 54.6 Å². The molecular formula is C35H33Cl2NO4. The van der Waals surface area contributed by atoms with Gasteiger partial charge in [-0.25, -0.2) is 0 Å². The molecule has 0 saturated heterocycles. The summed E-state index contributed by atoms with van der Waals surface area (Å²) in [5, 5.41) is 1.03. The summed E-state index contributed by atoms with van der Waals surface area (Å²) in [4.78, 5) is 29.7. The van der Waals surface area contributed by atoms with Crippen LogP contribution in [0, 0.1) is 0 Å². The lowest BCUT2D eigenvalue weighted by Crippen LogP contribution is -2.40. The summed E-state index contributed by atoms with van der Waals surface area (Å²) in [6.07, 6.45) is 5.03. The third kappa shape index (κ3) is 5.60. The smallest absolute Gasteiger partial charge is 0.180 e. The molecule has 3 aromatic carbocycles. The van der Waals surface area contributed by atoms with Gasteiger partial charge in [0.25, 0.3) is 0 Å². The third-order valence-electron chi connectivity index (χ3n) is 8.43. The van der Waals surface area contributed by atoms with Gasteiger partial charge in [0.1, 0.15) is 6.61 Å². The summed E-state index contributed by atoms with van der Waals surface area (Å²) >= 11 is 12.9. The fourth-order valence-corrected chi connectivity index (χ4v) is 6.89. The number of hydrogen-bond acceptors (Lipinski definition) is 5. The second-order valence-corrected chi connectivity index (χ2v) is 11.9. The van der Waals surface area contributed by atoms with E-state index in [1.54, 1.807) is 7.11 Å². The zero-order valence-corrected chi connectivity index (χ0v) is 25.1. The van der Waals surface area contributed by atoms with Crippen LogP contribution in [0.3, 0.4) is 0 Å². The molecule has 0 amide bonds. The second kappa shape index (κ2) is 12.4. The van der Waals surface area contributed by atoms with Gasteiger partial charge in [0, 0.05) is 52.9 Å². The second-order valence-electron chi connectivity index (χ2n) is 11.0. The number of methoxy groups -OCH3 is 1. The highest BCUT2D eigenvalue weighted by Gasteiger charge is 2.43. The van der Waals surface area contributed by atoms with Gasteiger partial charge in [0.05, 0.1) is 12.1 Å². The van der Waals surface area contributed by atoms with Crippen molar-refractivity contribution < 1.29 is 19.1 Å². The van der Waals surface area contributed by atoms with Crippen LogP contribution >= 0.6 is 23.2 Å². The normalized spacial score (nSPS) is 17.4. The first-order valence-corrected chi connectivity index (χ1v) is 15.3. The Hall–Kier alpha value is -3.54. The van der Waals surface area contributed by atoms with Crippen LogP contribution in [0.2, 0.25) is 10.0 Å². The Morgan fingerprint density at radius 3 is 2.07 bits per heavy atom. The van der Waals surface area contributed by atoms with Crippen molar-refractivity contribution in [3.63, 3.8) is 0 Å². The molecule has 5 nitrogen and oxygen atoms in total. The van der Waals surface area contributed by atoms with Gasteiger partial charge in [-0.3, -0.25) is 9.59 Å². The lowest BCUT2D eigenvalue weighted by molar-refractivity contribution is -0.117. The monoisotopic (exact) mass is 601 g/mol. The zero-order chi connectivity index (χ0) is 29.2. The Kier molecular flexibility index (Phi) is 8.41. The Morgan fingerprint density at radius 2 is 1.45 bits per heavy atom. The Morgan fingerprint density at radius 1 is 0.810 bits per heavy atom. The summed E-state index contributed by atoms with van der Waals surface area (Å²) in [5.41, 5.74) is 6.53. The first kappa shape index (κ1) is 28.6. The van der Waals surface area contributed by atoms with Crippen molar-refractivity contribution in [1.82, 2.24) is 4.90 Å². The molecule has 0 spiro atoms. The number of carbonyl (C=O) groups excluding carboxylic acids is 2. The van der Waals surface area contributed by atoms with Gasteiger partial charge >= 0.3 is 0 Å². The van der Waals surface area contributed by atoms with Crippen molar-refractivity contribution in [3.05, 3.63) is 116 Å². The van der Waals surface area contributed by atoms with Crippen LogP contribution in [0.25, 0.3) is 0 Å². The van der Waals surface area contributed by atoms with Crippen molar-refractivity contribution in [2.45, 2.75) is 57.5 Å². The molecule has 1 heterocycles. The lowest BCUT2D eigenvalue weighted by Gasteiger charge is -2.44. The molecule has 0 bridgehead atoms. The van der Waals surface area contributed by atoms with Crippen LogP contribution in [-0.2, 0) is 22.6 Å². The summed E-state index contributed by atoms with van der Waals surface area (Å²) in [7, 11) is 1.57. The molecule has 0 saturated carbocycles. The van der Waals surface area contributed by atoms with E-state index < -0.39 is 5.92 Å². The van der Waals surface area contributed by atoms with E-state index in [0.29, 0.717) is 34.4 Å². The average molecular weight is 603 g/mol. The summed E-state index contributed by atoms with van der Waals surface area (Å²) in [6, 6.07) is 21.5. The lowest BCUT2D eigenvalue weighted by atomic mass is 9.71.